The van der Waals surface area contributed by atoms with E-state index in [-0.39, 0.29) is 11.7 Å². The summed E-state index contributed by atoms with van der Waals surface area (Å²) in [6, 6.07) is 19.7. The molecule has 0 radical (unpaired) electrons. The zero-order chi connectivity index (χ0) is 21.7. The van der Waals surface area contributed by atoms with Gasteiger partial charge in [-0.1, -0.05) is 29.8 Å². The SMILES string of the molecule is Cc1ccc(Nc2nn(-c3nc4ccccc4[nH]3)c3c2C(=O)CC(c2ccco2)C3)cc1. The molecule has 0 saturated heterocycles. The van der Waals surface area contributed by atoms with Gasteiger partial charge in [-0.25, -0.2) is 9.67 Å². The van der Waals surface area contributed by atoms with Crippen LogP contribution in [0.3, 0.4) is 0 Å². The van der Waals surface area contributed by atoms with Crippen LogP contribution in [0.4, 0.5) is 11.5 Å². The number of aromatic amines is 1. The average molecular weight is 423 g/mol. The predicted octanol–water partition coefficient (Wildman–Crippen LogP) is 5.31. The number of fused-ring (bicyclic) bond motifs is 2. The fraction of sp³-hybridized carbons (Fsp3) is 0.160. The number of ketones is 1. The third-order valence-corrected chi connectivity index (χ3v) is 5.97. The first kappa shape index (κ1) is 18.6. The summed E-state index contributed by atoms with van der Waals surface area (Å²) in [5.74, 6) is 1.97. The molecule has 158 valence electrons. The number of carbonyl (C=O) groups is 1. The summed E-state index contributed by atoms with van der Waals surface area (Å²) in [5.41, 5.74) is 5.27. The Morgan fingerprint density at radius 3 is 2.69 bits per heavy atom. The van der Waals surface area contributed by atoms with Crippen molar-refractivity contribution in [3.63, 3.8) is 0 Å². The zero-order valence-corrected chi connectivity index (χ0v) is 17.5. The quantitative estimate of drug-likeness (QED) is 0.409. The summed E-state index contributed by atoms with van der Waals surface area (Å²) >= 11 is 0. The minimum absolute atomic E-state index is 0.0305. The number of H-pyrrole nitrogens is 1. The van der Waals surface area contributed by atoms with Gasteiger partial charge in [0, 0.05) is 24.4 Å². The van der Waals surface area contributed by atoms with E-state index in [4.69, 9.17) is 14.5 Å². The molecule has 5 aromatic rings. The van der Waals surface area contributed by atoms with Crippen molar-refractivity contribution in [3.05, 3.63) is 89.5 Å². The van der Waals surface area contributed by atoms with Gasteiger partial charge in [0.15, 0.2) is 11.6 Å². The van der Waals surface area contributed by atoms with Crippen LogP contribution >= 0.6 is 0 Å². The number of aryl methyl sites for hydroxylation is 1. The van der Waals surface area contributed by atoms with Gasteiger partial charge < -0.3 is 14.7 Å². The number of aromatic nitrogens is 4. The van der Waals surface area contributed by atoms with Crippen molar-refractivity contribution in [1.82, 2.24) is 19.7 Å². The summed E-state index contributed by atoms with van der Waals surface area (Å²) in [7, 11) is 0. The largest absolute Gasteiger partial charge is 0.469 e. The molecule has 3 heterocycles. The highest BCUT2D eigenvalue weighted by atomic mass is 16.3. The Hall–Kier alpha value is -4.13. The smallest absolute Gasteiger partial charge is 0.229 e. The van der Waals surface area contributed by atoms with Gasteiger partial charge in [-0.2, -0.15) is 0 Å². The van der Waals surface area contributed by atoms with Crippen LogP contribution in [0.2, 0.25) is 0 Å². The summed E-state index contributed by atoms with van der Waals surface area (Å²) in [5, 5.41) is 8.15. The molecule has 0 amide bonds. The van der Waals surface area contributed by atoms with Gasteiger partial charge in [0.2, 0.25) is 5.95 Å². The molecule has 2 N–H and O–H groups in total. The predicted molar refractivity (Wildman–Crippen MR) is 122 cm³/mol. The third-order valence-electron chi connectivity index (χ3n) is 5.97. The molecule has 0 aliphatic heterocycles. The highest BCUT2D eigenvalue weighted by molar-refractivity contribution is 6.03. The second-order valence-corrected chi connectivity index (χ2v) is 8.19. The highest BCUT2D eigenvalue weighted by Gasteiger charge is 2.35. The molecule has 0 fully saturated rings. The van der Waals surface area contributed by atoms with Crippen LogP contribution in [0.5, 0.6) is 0 Å². The Kier molecular flexibility index (Phi) is 4.21. The lowest BCUT2D eigenvalue weighted by molar-refractivity contribution is 0.0960. The van der Waals surface area contributed by atoms with Crippen molar-refractivity contribution in [1.29, 1.82) is 0 Å². The maximum Gasteiger partial charge on any atom is 0.229 e. The van der Waals surface area contributed by atoms with E-state index in [0.29, 0.717) is 30.2 Å². The lowest BCUT2D eigenvalue weighted by Gasteiger charge is -2.20. The topological polar surface area (TPSA) is 88.7 Å². The van der Waals surface area contributed by atoms with E-state index in [1.165, 1.54) is 5.56 Å². The Balaban J connectivity index is 1.49. The molecular formula is C25H21N5O2. The van der Waals surface area contributed by atoms with Crippen molar-refractivity contribution in [3.8, 4) is 5.95 Å². The second-order valence-electron chi connectivity index (χ2n) is 8.19. The molecule has 1 aliphatic rings. The van der Waals surface area contributed by atoms with Crippen molar-refractivity contribution >= 4 is 28.3 Å². The van der Waals surface area contributed by atoms with Gasteiger partial charge in [-0.05, 0) is 43.3 Å². The van der Waals surface area contributed by atoms with E-state index in [2.05, 4.69) is 10.3 Å². The maximum absolute atomic E-state index is 13.3. The van der Waals surface area contributed by atoms with Crippen LogP contribution in [0.25, 0.3) is 17.0 Å². The first-order chi connectivity index (χ1) is 15.7. The van der Waals surface area contributed by atoms with Crippen LogP contribution in [-0.4, -0.2) is 25.5 Å². The van der Waals surface area contributed by atoms with Gasteiger partial charge in [-0.15, -0.1) is 5.10 Å². The molecule has 7 nitrogen and oxygen atoms in total. The summed E-state index contributed by atoms with van der Waals surface area (Å²) in [4.78, 5) is 21.4. The second kappa shape index (κ2) is 7.23. The number of imidazole rings is 1. The van der Waals surface area contributed by atoms with Crippen LogP contribution in [0, 0.1) is 6.92 Å². The van der Waals surface area contributed by atoms with E-state index in [9.17, 15) is 4.79 Å². The van der Waals surface area contributed by atoms with E-state index in [1.54, 1.807) is 10.9 Å². The molecule has 2 aromatic carbocycles. The van der Waals surface area contributed by atoms with Crippen molar-refractivity contribution in [2.24, 2.45) is 0 Å². The molecule has 1 aliphatic carbocycles. The third kappa shape index (κ3) is 3.10. The van der Waals surface area contributed by atoms with Crippen LogP contribution < -0.4 is 5.32 Å². The van der Waals surface area contributed by atoms with Crippen molar-refractivity contribution in [2.45, 2.75) is 25.7 Å². The minimum atomic E-state index is -0.0305. The molecule has 1 unspecified atom stereocenters. The van der Waals surface area contributed by atoms with E-state index in [1.807, 2.05) is 67.6 Å². The van der Waals surface area contributed by atoms with Gasteiger partial charge in [0.1, 0.15) is 5.76 Å². The number of nitrogens with zero attached hydrogens (tertiary/aromatic N) is 3. The Labute approximate surface area is 184 Å². The molecule has 0 saturated carbocycles. The molecule has 0 bridgehead atoms. The lowest BCUT2D eigenvalue weighted by atomic mass is 9.85. The summed E-state index contributed by atoms with van der Waals surface area (Å²) in [6.45, 7) is 2.04. The molecule has 32 heavy (non-hydrogen) atoms. The molecular weight excluding hydrogens is 402 g/mol. The minimum Gasteiger partial charge on any atom is -0.469 e. The number of furan rings is 1. The van der Waals surface area contributed by atoms with Crippen LogP contribution in [0.15, 0.2) is 71.3 Å². The van der Waals surface area contributed by atoms with Crippen LogP contribution in [-0.2, 0) is 6.42 Å². The number of nitrogens with one attached hydrogen (secondary N) is 2. The summed E-state index contributed by atoms with van der Waals surface area (Å²) < 4.78 is 7.39. The Morgan fingerprint density at radius 1 is 1.06 bits per heavy atom. The van der Waals surface area contributed by atoms with Gasteiger partial charge >= 0.3 is 0 Å². The molecule has 7 heteroatoms. The number of anilines is 2. The number of para-hydroxylation sites is 2. The normalized spacial score (nSPS) is 15.8. The number of hydrogen-bond donors (Lipinski definition) is 2. The number of hydrogen-bond acceptors (Lipinski definition) is 5. The maximum atomic E-state index is 13.3. The Morgan fingerprint density at radius 2 is 1.91 bits per heavy atom. The highest BCUT2D eigenvalue weighted by Crippen LogP contribution is 2.38. The van der Waals surface area contributed by atoms with Gasteiger partial charge in [0.25, 0.3) is 0 Å². The average Bonchev–Trinajstić information content (AvgIpc) is 3.54. The van der Waals surface area contributed by atoms with Gasteiger partial charge in [-0.3, -0.25) is 4.79 Å². The fourth-order valence-electron chi connectivity index (χ4n) is 4.37. The van der Waals surface area contributed by atoms with E-state index < -0.39 is 0 Å². The Bertz CT molecular complexity index is 1390. The van der Waals surface area contributed by atoms with E-state index >= 15 is 0 Å². The van der Waals surface area contributed by atoms with Crippen LogP contribution in [0.1, 0.15) is 39.7 Å². The zero-order valence-electron chi connectivity index (χ0n) is 17.5. The lowest BCUT2D eigenvalue weighted by Crippen LogP contribution is -2.20. The monoisotopic (exact) mass is 423 g/mol. The fourth-order valence-corrected chi connectivity index (χ4v) is 4.37. The van der Waals surface area contributed by atoms with Gasteiger partial charge in [0.05, 0.1) is 28.6 Å². The summed E-state index contributed by atoms with van der Waals surface area (Å²) in [6.07, 6.45) is 2.67. The number of rotatable bonds is 4. The molecule has 6 rings (SSSR count). The standard InChI is InChI=1S/C25H21N5O2/c1-15-8-10-17(11-9-15)26-24-23-20(13-16(14-21(23)31)22-7-4-12-32-22)30(29-24)25-27-18-5-2-3-6-19(18)28-25/h2-12,16H,13-14H2,1H3,(H,26,29)(H,27,28). The van der Waals surface area contributed by atoms with Crippen molar-refractivity contribution < 1.29 is 9.21 Å². The molecule has 0 spiro atoms. The first-order valence-corrected chi connectivity index (χ1v) is 10.6. The van der Waals surface area contributed by atoms with Crippen molar-refractivity contribution in [2.75, 3.05) is 5.32 Å². The number of Topliss-reactive ketones (excluding diaryl/α,β-unsaturated/α-hetero) is 1. The molecule has 1 atom stereocenters. The van der Waals surface area contributed by atoms with E-state index in [0.717, 1.165) is 28.2 Å². The first-order valence-electron chi connectivity index (χ1n) is 10.6. The number of benzene rings is 2. The number of carbonyl (C=O) groups excluding carboxylic acids is 1. The molecule has 3 aromatic heterocycles.